The summed E-state index contributed by atoms with van der Waals surface area (Å²) in [6, 6.07) is 4.76. The predicted molar refractivity (Wildman–Crippen MR) is 82.8 cm³/mol. The lowest BCUT2D eigenvalue weighted by atomic mass is 10.2. The zero-order valence-corrected chi connectivity index (χ0v) is 13.5. The standard InChI is InChI=1S/C16H21NO6/c1-4-21-13-7-6-12(8-14(13)22-5-2)16(20)17-9-15(19)23-10-11(3)18/h6-8H,4-5,9-10H2,1-3H3,(H,17,20). The topological polar surface area (TPSA) is 90.9 Å². The molecule has 0 aromatic heterocycles. The lowest BCUT2D eigenvalue weighted by Crippen LogP contribution is -2.31. The fourth-order valence-corrected chi connectivity index (χ4v) is 1.68. The van der Waals surface area contributed by atoms with E-state index in [1.807, 2.05) is 13.8 Å². The number of carbonyl (C=O) groups is 3. The molecule has 0 spiro atoms. The van der Waals surface area contributed by atoms with Crippen LogP contribution in [0.5, 0.6) is 11.5 Å². The molecule has 1 aromatic rings. The molecule has 1 aromatic carbocycles. The lowest BCUT2D eigenvalue weighted by molar-refractivity contribution is -0.146. The molecule has 7 heteroatoms. The summed E-state index contributed by atoms with van der Waals surface area (Å²) in [6.07, 6.45) is 0. The summed E-state index contributed by atoms with van der Waals surface area (Å²) < 4.78 is 15.5. The van der Waals surface area contributed by atoms with E-state index in [-0.39, 0.29) is 18.9 Å². The summed E-state index contributed by atoms with van der Waals surface area (Å²) in [5, 5.41) is 2.42. The number of amides is 1. The number of ketones is 1. The molecule has 0 aliphatic carbocycles. The van der Waals surface area contributed by atoms with Crippen LogP contribution in [-0.2, 0) is 14.3 Å². The number of rotatable bonds is 9. The third-order valence-corrected chi connectivity index (χ3v) is 2.64. The molecule has 126 valence electrons. The van der Waals surface area contributed by atoms with Gasteiger partial charge < -0.3 is 19.5 Å². The van der Waals surface area contributed by atoms with Crippen molar-refractivity contribution in [3.8, 4) is 11.5 Å². The average molecular weight is 323 g/mol. The van der Waals surface area contributed by atoms with E-state index in [1.165, 1.54) is 6.92 Å². The number of benzene rings is 1. The van der Waals surface area contributed by atoms with Crippen LogP contribution in [-0.4, -0.2) is 44.0 Å². The number of nitrogens with one attached hydrogen (secondary N) is 1. The van der Waals surface area contributed by atoms with Gasteiger partial charge in [0.25, 0.3) is 5.91 Å². The fourth-order valence-electron chi connectivity index (χ4n) is 1.68. The van der Waals surface area contributed by atoms with Crippen molar-refractivity contribution < 1.29 is 28.6 Å². The Kier molecular flexibility index (Phi) is 7.59. The minimum Gasteiger partial charge on any atom is -0.490 e. The van der Waals surface area contributed by atoms with Gasteiger partial charge in [-0.15, -0.1) is 0 Å². The average Bonchev–Trinajstić information content (AvgIpc) is 2.52. The van der Waals surface area contributed by atoms with Crippen molar-refractivity contribution in [3.05, 3.63) is 23.8 Å². The van der Waals surface area contributed by atoms with Crippen molar-refractivity contribution >= 4 is 17.7 Å². The summed E-state index contributed by atoms with van der Waals surface area (Å²) in [5.41, 5.74) is 0.330. The minimum absolute atomic E-state index is 0.266. The summed E-state index contributed by atoms with van der Waals surface area (Å²) in [6.45, 7) is 5.28. The Morgan fingerprint density at radius 3 is 2.30 bits per heavy atom. The molecule has 0 radical (unpaired) electrons. The van der Waals surface area contributed by atoms with Gasteiger partial charge >= 0.3 is 5.97 Å². The number of ether oxygens (including phenoxy) is 3. The molecule has 7 nitrogen and oxygen atoms in total. The molecule has 1 N–H and O–H groups in total. The van der Waals surface area contributed by atoms with Crippen LogP contribution in [0.25, 0.3) is 0 Å². The molecular formula is C16H21NO6. The Balaban J connectivity index is 2.66. The van der Waals surface area contributed by atoms with Crippen LogP contribution in [0.3, 0.4) is 0 Å². The van der Waals surface area contributed by atoms with Crippen LogP contribution in [0.1, 0.15) is 31.1 Å². The molecule has 1 amide bonds. The van der Waals surface area contributed by atoms with Crippen molar-refractivity contribution in [1.82, 2.24) is 5.32 Å². The lowest BCUT2D eigenvalue weighted by Gasteiger charge is -2.12. The van der Waals surface area contributed by atoms with E-state index in [0.717, 1.165) is 0 Å². The first-order chi connectivity index (χ1) is 11.0. The Labute approximate surface area is 134 Å². The maximum atomic E-state index is 12.0. The molecule has 23 heavy (non-hydrogen) atoms. The molecule has 0 saturated heterocycles. The molecule has 0 fully saturated rings. The maximum Gasteiger partial charge on any atom is 0.325 e. The largest absolute Gasteiger partial charge is 0.490 e. The molecule has 0 atom stereocenters. The first-order valence-electron chi connectivity index (χ1n) is 7.30. The molecule has 0 bridgehead atoms. The zero-order chi connectivity index (χ0) is 17.2. The second kappa shape index (κ2) is 9.45. The van der Waals surface area contributed by atoms with Crippen molar-refractivity contribution in [1.29, 1.82) is 0 Å². The highest BCUT2D eigenvalue weighted by atomic mass is 16.5. The van der Waals surface area contributed by atoms with E-state index in [9.17, 15) is 14.4 Å². The van der Waals surface area contributed by atoms with E-state index in [2.05, 4.69) is 10.1 Å². The monoisotopic (exact) mass is 323 g/mol. The highest BCUT2D eigenvalue weighted by Crippen LogP contribution is 2.28. The highest BCUT2D eigenvalue weighted by Gasteiger charge is 2.13. The third kappa shape index (κ3) is 6.37. The maximum absolute atomic E-state index is 12.0. The van der Waals surface area contributed by atoms with Crippen molar-refractivity contribution in [3.63, 3.8) is 0 Å². The van der Waals surface area contributed by atoms with Gasteiger partial charge in [0.15, 0.2) is 17.3 Å². The van der Waals surface area contributed by atoms with Gasteiger partial charge in [0.1, 0.15) is 13.2 Å². The molecule has 1 rings (SSSR count). The van der Waals surface area contributed by atoms with E-state index in [0.29, 0.717) is 30.3 Å². The van der Waals surface area contributed by atoms with E-state index in [1.54, 1.807) is 18.2 Å². The first-order valence-corrected chi connectivity index (χ1v) is 7.30. The van der Waals surface area contributed by atoms with Crippen molar-refractivity contribution in [2.75, 3.05) is 26.4 Å². The van der Waals surface area contributed by atoms with Crippen molar-refractivity contribution in [2.24, 2.45) is 0 Å². The second-order valence-corrected chi connectivity index (χ2v) is 4.57. The van der Waals surface area contributed by atoms with Gasteiger partial charge in [-0.25, -0.2) is 0 Å². The summed E-state index contributed by atoms with van der Waals surface area (Å²) in [5.74, 6) is -0.385. The van der Waals surface area contributed by atoms with E-state index >= 15 is 0 Å². The smallest absolute Gasteiger partial charge is 0.325 e. The van der Waals surface area contributed by atoms with Gasteiger partial charge in [0, 0.05) is 5.56 Å². The highest BCUT2D eigenvalue weighted by molar-refractivity contribution is 5.96. The molecule has 0 unspecified atom stereocenters. The molecule has 0 aliphatic rings. The second-order valence-electron chi connectivity index (χ2n) is 4.57. The fraction of sp³-hybridized carbons (Fsp3) is 0.438. The van der Waals surface area contributed by atoms with Crippen LogP contribution in [0.15, 0.2) is 18.2 Å². The van der Waals surface area contributed by atoms with Gasteiger partial charge in [0.05, 0.1) is 13.2 Å². The number of carbonyl (C=O) groups excluding carboxylic acids is 3. The van der Waals surface area contributed by atoms with Crippen LogP contribution >= 0.6 is 0 Å². The van der Waals surface area contributed by atoms with Crippen molar-refractivity contribution in [2.45, 2.75) is 20.8 Å². The van der Waals surface area contributed by atoms with Gasteiger partial charge in [-0.05, 0) is 39.0 Å². The number of esters is 1. The van der Waals surface area contributed by atoms with Crippen LogP contribution in [0.4, 0.5) is 0 Å². The molecule has 0 aliphatic heterocycles. The van der Waals surface area contributed by atoms with E-state index in [4.69, 9.17) is 9.47 Å². The predicted octanol–water partition coefficient (Wildman–Crippen LogP) is 1.35. The number of hydrogen-bond acceptors (Lipinski definition) is 6. The molecule has 0 saturated carbocycles. The summed E-state index contributed by atoms with van der Waals surface area (Å²) in [4.78, 5) is 34.1. The summed E-state index contributed by atoms with van der Waals surface area (Å²) >= 11 is 0. The minimum atomic E-state index is -0.676. The third-order valence-electron chi connectivity index (χ3n) is 2.64. The first kappa shape index (κ1) is 18.5. The van der Waals surface area contributed by atoms with Gasteiger partial charge in [-0.3, -0.25) is 14.4 Å². The Bertz CT molecular complexity index is 570. The quantitative estimate of drug-likeness (QED) is 0.690. The van der Waals surface area contributed by atoms with Gasteiger partial charge in [-0.1, -0.05) is 0 Å². The SMILES string of the molecule is CCOc1ccc(C(=O)NCC(=O)OCC(C)=O)cc1OCC. The number of Topliss-reactive ketones (excluding diaryl/α,β-unsaturated/α-hetero) is 1. The Morgan fingerprint density at radius 2 is 1.70 bits per heavy atom. The Morgan fingerprint density at radius 1 is 1.04 bits per heavy atom. The van der Waals surface area contributed by atoms with E-state index < -0.39 is 11.9 Å². The molecule has 0 heterocycles. The van der Waals surface area contributed by atoms with Gasteiger partial charge in [0.2, 0.25) is 0 Å². The zero-order valence-electron chi connectivity index (χ0n) is 13.5. The van der Waals surface area contributed by atoms with Crippen LogP contribution < -0.4 is 14.8 Å². The Hall–Kier alpha value is -2.57. The van der Waals surface area contributed by atoms with Gasteiger partial charge in [-0.2, -0.15) is 0 Å². The normalized spacial score (nSPS) is 9.87. The van der Waals surface area contributed by atoms with Crippen LogP contribution in [0, 0.1) is 0 Å². The van der Waals surface area contributed by atoms with Crippen LogP contribution in [0.2, 0.25) is 0 Å². The number of hydrogen-bond donors (Lipinski definition) is 1. The molecular weight excluding hydrogens is 302 g/mol. The summed E-state index contributed by atoms with van der Waals surface area (Å²) in [7, 11) is 0.